The van der Waals surface area contributed by atoms with E-state index in [0.29, 0.717) is 5.75 Å². The van der Waals surface area contributed by atoms with Crippen molar-refractivity contribution in [1.82, 2.24) is 0 Å². The molecule has 1 aromatic heterocycles. The number of anilines is 1. The molecule has 0 spiro atoms. The number of phenols is 1. The normalized spacial score (nSPS) is 10.5. The van der Waals surface area contributed by atoms with Gasteiger partial charge in [0.25, 0.3) is 0 Å². The average Bonchev–Trinajstić information content (AvgIpc) is 2.98. The summed E-state index contributed by atoms with van der Waals surface area (Å²) in [5.74, 6) is 0.330. The van der Waals surface area contributed by atoms with Crippen molar-refractivity contribution in [2.75, 3.05) is 5.32 Å². The molecule has 0 fully saturated rings. The Balaban J connectivity index is 1.69. The molecule has 0 saturated heterocycles. The molecule has 1 heterocycles. The number of aromatic hydroxyl groups is 1. The van der Waals surface area contributed by atoms with E-state index in [0.717, 1.165) is 17.8 Å². The van der Waals surface area contributed by atoms with Crippen molar-refractivity contribution in [2.24, 2.45) is 0 Å². The topological polar surface area (TPSA) is 32.3 Å². The van der Waals surface area contributed by atoms with Crippen LogP contribution < -0.4 is 5.32 Å². The molecule has 0 atom stereocenters. The van der Waals surface area contributed by atoms with Crippen LogP contribution in [0.2, 0.25) is 0 Å². The second kappa shape index (κ2) is 6.02. The van der Waals surface area contributed by atoms with Crippen LogP contribution in [0.15, 0.2) is 60.7 Å². The van der Waals surface area contributed by atoms with Crippen molar-refractivity contribution in [3.05, 3.63) is 71.1 Å². The van der Waals surface area contributed by atoms with Crippen LogP contribution in [0.5, 0.6) is 5.75 Å². The molecule has 0 aliphatic carbocycles. The fourth-order valence-corrected chi connectivity index (χ4v) is 3.09. The lowest BCUT2D eigenvalue weighted by Gasteiger charge is -2.06. The molecule has 0 amide bonds. The van der Waals surface area contributed by atoms with E-state index in [-0.39, 0.29) is 0 Å². The largest absolute Gasteiger partial charge is 0.508 e. The molecule has 3 rings (SSSR count). The van der Waals surface area contributed by atoms with E-state index in [9.17, 15) is 5.11 Å². The van der Waals surface area contributed by atoms with E-state index in [1.165, 1.54) is 15.3 Å². The maximum absolute atomic E-state index is 9.71. The van der Waals surface area contributed by atoms with Gasteiger partial charge in [0.15, 0.2) is 0 Å². The zero-order valence-electron chi connectivity index (χ0n) is 11.8. The summed E-state index contributed by atoms with van der Waals surface area (Å²) >= 11 is 1.79. The highest BCUT2D eigenvalue weighted by Crippen LogP contribution is 2.28. The van der Waals surface area contributed by atoms with Gasteiger partial charge in [-0.2, -0.15) is 0 Å². The summed E-state index contributed by atoms with van der Waals surface area (Å²) < 4.78 is 0. The molecule has 0 saturated carbocycles. The van der Waals surface area contributed by atoms with Crippen LogP contribution in [0.3, 0.4) is 0 Å². The Bertz CT molecular complexity index is 734. The molecule has 2 aromatic carbocycles. The zero-order chi connectivity index (χ0) is 14.7. The number of rotatable bonds is 4. The minimum absolute atomic E-state index is 0.330. The fourth-order valence-electron chi connectivity index (χ4n) is 2.14. The summed E-state index contributed by atoms with van der Waals surface area (Å²) in [5.41, 5.74) is 3.08. The van der Waals surface area contributed by atoms with E-state index in [2.05, 4.69) is 41.7 Å². The molecule has 2 nitrogen and oxygen atoms in total. The number of hydrogen-bond donors (Lipinski definition) is 2. The molecule has 3 heteroatoms. The predicted octanol–water partition coefficient (Wildman–Crippen LogP) is 5.04. The van der Waals surface area contributed by atoms with E-state index in [1.807, 2.05) is 25.1 Å². The number of aryl methyl sites for hydroxylation is 1. The summed E-state index contributed by atoms with van der Waals surface area (Å²) in [5, 5.41) is 13.1. The van der Waals surface area contributed by atoms with Crippen molar-refractivity contribution in [3.8, 4) is 16.2 Å². The maximum atomic E-state index is 9.71. The Morgan fingerprint density at radius 3 is 2.57 bits per heavy atom. The Hall–Kier alpha value is -2.26. The van der Waals surface area contributed by atoms with Gasteiger partial charge in [0.05, 0.1) is 0 Å². The lowest BCUT2D eigenvalue weighted by Crippen LogP contribution is -1.97. The van der Waals surface area contributed by atoms with Crippen LogP contribution >= 0.6 is 11.3 Å². The second-order valence-electron chi connectivity index (χ2n) is 4.99. The summed E-state index contributed by atoms with van der Waals surface area (Å²) in [6.45, 7) is 2.66. The predicted molar refractivity (Wildman–Crippen MR) is 89.9 cm³/mol. The van der Waals surface area contributed by atoms with Gasteiger partial charge < -0.3 is 10.4 Å². The Morgan fingerprint density at radius 2 is 1.81 bits per heavy atom. The van der Waals surface area contributed by atoms with Crippen molar-refractivity contribution in [3.63, 3.8) is 0 Å². The summed E-state index contributed by atoms with van der Waals surface area (Å²) in [4.78, 5) is 2.55. The van der Waals surface area contributed by atoms with Crippen molar-refractivity contribution in [1.29, 1.82) is 0 Å². The first kappa shape index (κ1) is 13.7. The van der Waals surface area contributed by atoms with Crippen LogP contribution in [0.25, 0.3) is 10.4 Å². The van der Waals surface area contributed by atoms with Gasteiger partial charge in [0.1, 0.15) is 5.75 Å². The molecule has 106 valence electrons. The third-order valence-electron chi connectivity index (χ3n) is 3.40. The highest BCUT2D eigenvalue weighted by atomic mass is 32.1. The van der Waals surface area contributed by atoms with Gasteiger partial charge in [-0.3, -0.25) is 0 Å². The van der Waals surface area contributed by atoms with Gasteiger partial charge in [-0.1, -0.05) is 36.4 Å². The van der Waals surface area contributed by atoms with Gasteiger partial charge in [-0.25, -0.2) is 0 Å². The molecule has 2 N–H and O–H groups in total. The monoisotopic (exact) mass is 295 g/mol. The van der Waals surface area contributed by atoms with Gasteiger partial charge in [0.2, 0.25) is 0 Å². The maximum Gasteiger partial charge on any atom is 0.120 e. The van der Waals surface area contributed by atoms with E-state index >= 15 is 0 Å². The Morgan fingerprint density at radius 1 is 1.00 bits per heavy atom. The van der Waals surface area contributed by atoms with Crippen molar-refractivity contribution >= 4 is 17.0 Å². The van der Waals surface area contributed by atoms with Gasteiger partial charge in [0, 0.05) is 28.1 Å². The first-order chi connectivity index (χ1) is 10.2. The van der Waals surface area contributed by atoms with Crippen LogP contribution in [0, 0.1) is 6.92 Å². The van der Waals surface area contributed by atoms with E-state index in [4.69, 9.17) is 0 Å². The van der Waals surface area contributed by atoms with Crippen LogP contribution in [-0.4, -0.2) is 5.11 Å². The quantitative estimate of drug-likeness (QED) is 0.706. The Labute approximate surface area is 128 Å². The molecular formula is C18H17NOS. The lowest BCUT2D eigenvalue weighted by atomic mass is 10.2. The first-order valence-electron chi connectivity index (χ1n) is 6.90. The number of hydrogen-bond acceptors (Lipinski definition) is 3. The highest BCUT2D eigenvalue weighted by molar-refractivity contribution is 7.15. The SMILES string of the molecule is Cc1ccc(NCc2ccc(-c3ccccc3)s2)cc1O. The van der Waals surface area contributed by atoms with Crippen molar-refractivity contribution < 1.29 is 5.11 Å². The van der Waals surface area contributed by atoms with Crippen LogP contribution in [0.1, 0.15) is 10.4 Å². The molecule has 0 bridgehead atoms. The summed E-state index contributed by atoms with van der Waals surface area (Å²) in [6.07, 6.45) is 0. The summed E-state index contributed by atoms with van der Waals surface area (Å²) in [7, 11) is 0. The van der Waals surface area contributed by atoms with Gasteiger partial charge in [-0.05, 0) is 36.2 Å². The molecular weight excluding hydrogens is 278 g/mol. The first-order valence-corrected chi connectivity index (χ1v) is 7.71. The summed E-state index contributed by atoms with van der Waals surface area (Å²) in [6, 6.07) is 20.4. The van der Waals surface area contributed by atoms with Crippen LogP contribution in [-0.2, 0) is 6.54 Å². The second-order valence-corrected chi connectivity index (χ2v) is 6.16. The molecule has 0 aliphatic heterocycles. The van der Waals surface area contributed by atoms with E-state index in [1.54, 1.807) is 17.4 Å². The minimum atomic E-state index is 0.330. The molecule has 0 unspecified atom stereocenters. The standard InChI is InChI=1S/C18H17NOS/c1-13-7-8-15(11-17(13)20)19-12-16-9-10-18(21-16)14-5-3-2-4-6-14/h2-11,19-20H,12H2,1H3. The molecule has 21 heavy (non-hydrogen) atoms. The highest BCUT2D eigenvalue weighted by Gasteiger charge is 2.03. The number of benzene rings is 2. The van der Waals surface area contributed by atoms with Crippen LogP contribution in [0.4, 0.5) is 5.69 Å². The minimum Gasteiger partial charge on any atom is -0.508 e. The lowest BCUT2D eigenvalue weighted by molar-refractivity contribution is 0.471. The molecule has 0 radical (unpaired) electrons. The Kier molecular flexibility index (Phi) is 3.93. The fraction of sp³-hybridized carbons (Fsp3) is 0.111. The third kappa shape index (κ3) is 3.26. The number of phenolic OH excluding ortho intramolecular Hbond substituents is 1. The zero-order valence-corrected chi connectivity index (χ0v) is 12.7. The molecule has 3 aromatic rings. The average molecular weight is 295 g/mol. The van der Waals surface area contributed by atoms with E-state index < -0.39 is 0 Å². The third-order valence-corrected chi connectivity index (χ3v) is 4.53. The molecule has 0 aliphatic rings. The van der Waals surface area contributed by atoms with Gasteiger partial charge >= 0.3 is 0 Å². The number of thiophene rings is 1. The van der Waals surface area contributed by atoms with Gasteiger partial charge in [-0.15, -0.1) is 11.3 Å². The smallest absolute Gasteiger partial charge is 0.120 e. The van der Waals surface area contributed by atoms with Crippen molar-refractivity contribution in [2.45, 2.75) is 13.5 Å². The number of nitrogens with one attached hydrogen (secondary N) is 1.